The van der Waals surface area contributed by atoms with Gasteiger partial charge in [-0.05, 0) is 60.3 Å². The van der Waals surface area contributed by atoms with Gasteiger partial charge in [0.2, 0.25) is 0 Å². The van der Waals surface area contributed by atoms with Crippen LogP contribution in [-0.2, 0) is 11.0 Å². The quantitative estimate of drug-likeness (QED) is 0.410. The van der Waals surface area contributed by atoms with Gasteiger partial charge in [-0.3, -0.25) is 14.1 Å². The third kappa shape index (κ3) is 4.66. The molecule has 5 nitrogen and oxygen atoms in total. The molecular weight excluding hydrogens is 430 g/mol. The normalized spacial score (nSPS) is 14.8. The lowest BCUT2D eigenvalue weighted by molar-refractivity contribution is 0.102. The first kappa shape index (κ1) is 22.7. The molecule has 1 aromatic heterocycles. The summed E-state index contributed by atoms with van der Waals surface area (Å²) in [5.41, 5.74) is 5.13. The molecule has 0 spiro atoms. The van der Waals surface area contributed by atoms with E-state index in [4.69, 9.17) is 0 Å². The predicted molar refractivity (Wildman–Crippen MR) is 138 cm³/mol. The average Bonchev–Trinajstić information content (AvgIpc) is 2.85. The Morgan fingerprint density at radius 3 is 2.45 bits per heavy atom. The number of carbonyl (C=O) groups is 1. The second kappa shape index (κ2) is 9.96. The standard InChI is InChI=1S/C25H21N3O2S.C2H6/c1-17-6-9-20(16-23(17)24-22-5-3-2-4-18(22)12-13-26-24)27-25(29)19-7-10-21(11-8-19)28-14-15-31(28)30;1-2/h2-13,16H,14-15H2,1H3,(H,27,29);1-2H3. The number of amides is 1. The number of hydrogen-bond donors (Lipinski definition) is 1. The number of anilines is 2. The highest BCUT2D eigenvalue weighted by molar-refractivity contribution is 7.88. The van der Waals surface area contributed by atoms with Gasteiger partial charge in [0.05, 0.1) is 11.4 Å². The van der Waals surface area contributed by atoms with E-state index < -0.39 is 11.0 Å². The molecule has 1 N–H and O–H groups in total. The number of aryl methyl sites for hydroxylation is 1. The lowest BCUT2D eigenvalue weighted by atomic mass is 9.99. The summed E-state index contributed by atoms with van der Waals surface area (Å²) in [5.74, 6) is 0.515. The van der Waals surface area contributed by atoms with Crippen molar-refractivity contribution in [2.75, 3.05) is 21.9 Å². The minimum atomic E-state index is -0.936. The zero-order valence-corrected chi connectivity index (χ0v) is 19.9. The first-order valence-corrected chi connectivity index (χ1v) is 12.4. The van der Waals surface area contributed by atoms with Crippen LogP contribution in [0.25, 0.3) is 22.0 Å². The average molecular weight is 458 g/mol. The SMILES string of the molecule is CC.Cc1ccc(NC(=O)c2ccc(N3CCS3=O)cc2)cc1-c1nccc2ccccc12. The second-order valence-electron chi connectivity index (χ2n) is 7.54. The first-order valence-electron chi connectivity index (χ1n) is 11.1. The Kier molecular flexibility index (Phi) is 6.84. The van der Waals surface area contributed by atoms with Crippen LogP contribution in [0.4, 0.5) is 11.4 Å². The summed E-state index contributed by atoms with van der Waals surface area (Å²) in [6.07, 6.45) is 1.81. The van der Waals surface area contributed by atoms with E-state index in [1.807, 2.05) is 79.8 Å². The van der Waals surface area contributed by atoms with Crippen LogP contribution in [0.5, 0.6) is 0 Å². The van der Waals surface area contributed by atoms with Gasteiger partial charge in [0, 0.05) is 40.6 Å². The fourth-order valence-corrected chi connectivity index (χ4v) is 4.65. The Balaban J connectivity index is 0.00000126. The van der Waals surface area contributed by atoms with Crippen LogP contribution in [0.3, 0.4) is 0 Å². The maximum atomic E-state index is 12.8. The molecule has 4 aromatic rings. The molecule has 33 heavy (non-hydrogen) atoms. The van der Waals surface area contributed by atoms with E-state index in [1.165, 1.54) is 0 Å². The van der Waals surface area contributed by atoms with Gasteiger partial charge in [0.15, 0.2) is 0 Å². The highest BCUT2D eigenvalue weighted by Crippen LogP contribution is 2.31. The van der Waals surface area contributed by atoms with E-state index in [-0.39, 0.29) is 5.91 Å². The largest absolute Gasteiger partial charge is 0.322 e. The van der Waals surface area contributed by atoms with Gasteiger partial charge in [0.25, 0.3) is 5.91 Å². The molecule has 6 heteroatoms. The van der Waals surface area contributed by atoms with Crippen molar-refractivity contribution in [2.24, 2.45) is 0 Å². The smallest absolute Gasteiger partial charge is 0.255 e. The third-order valence-electron chi connectivity index (χ3n) is 5.56. The molecule has 3 aromatic carbocycles. The molecule has 0 saturated carbocycles. The van der Waals surface area contributed by atoms with Crippen LogP contribution in [-0.4, -0.2) is 27.4 Å². The van der Waals surface area contributed by atoms with E-state index in [0.29, 0.717) is 17.0 Å². The number of fused-ring (bicyclic) bond motifs is 1. The molecule has 1 aliphatic rings. The van der Waals surface area contributed by atoms with E-state index in [9.17, 15) is 9.00 Å². The van der Waals surface area contributed by atoms with Crippen LogP contribution in [0.2, 0.25) is 0 Å². The Labute approximate surface area is 197 Å². The lowest BCUT2D eigenvalue weighted by Crippen LogP contribution is -2.42. The number of benzene rings is 3. The van der Waals surface area contributed by atoms with E-state index in [1.54, 1.807) is 12.1 Å². The number of carbonyl (C=O) groups excluding carboxylic acids is 1. The van der Waals surface area contributed by atoms with E-state index in [2.05, 4.69) is 22.4 Å². The molecule has 2 heterocycles. The Morgan fingerprint density at radius 1 is 1.00 bits per heavy atom. The molecule has 0 aliphatic carbocycles. The topological polar surface area (TPSA) is 62.3 Å². The maximum Gasteiger partial charge on any atom is 0.255 e. The van der Waals surface area contributed by atoms with Crippen molar-refractivity contribution < 1.29 is 9.00 Å². The van der Waals surface area contributed by atoms with Crippen LogP contribution in [0.1, 0.15) is 29.8 Å². The molecule has 0 radical (unpaired) electrons. The van der Waals surface area contributed by atoms with Gasteiger partial charge in [-0.25, -0.2) is 4.21 Å². The van der Waals surface area contributed by atoms with Crippen molar-refractivity contribution >= 4 is 39.0 Å². The van der Waals surface area contributed by atoms with Gasteiger partial charge in [0.1, 0.15) is 11.0 Å². The number of aromatic nitrogens is 1. The Hall–Kier alpha value is -3.51. The minimum Gasteiger partial charge on any atom is -0.322 e. The van der Waals surface area contributed by atoms with Crippen LogP contribution in [0.15, 0.2) is 79.0 Å². The number of hydrogen-bond acceptors (Lipinski definition) is 3. The summed E-state index contributed by atoms with van der Waals surface area (Å²) in [6, 6.07) is 23.2. The summed E-state index contributed by atoms with van der Waals surface area (Å²) in [6.45, 7) is 6.83. The monoisotopic (exact) mass is 457 g/mol. The number of pyridine rings is 1. The Bertz CT molecular complexity index is 1310. The minimum absolute atomic E-state index is 0.183. The molecule has 1 saturated heterocycles. The predicted octanol–water partition coefficient (Wildman–Crippen LogP) is 5.97. The third-order valence-corrected chi connectivity index (χ3v) is 6.97. The summed E-state index contributed by atoms with van der Waals surface area (Å²) in [7, 11) is -0.936. The Morgan fingerprint density at radius 2 is 1.76 bits per heavy atom. The van der Waals surface area contributed by atoms with Gasteiger partial charge in [-0.2, -0.15) is 0 Å². The molecule has 168 valence electrons. The molecule has 1 amide bonds. The van der Waals surface area contributed by atoms with Gasteiger partial charge in [-0.1, -0.05) is 44.2 Å². The van der Waals surface area contributed by atoms with Gasteiger partial charge in [-0.15, -0.1) is 0 Å². The van der Waals surface area contributed by atoms with Crippen molar-refractivity contribution in [3.05, 3.63) is 90.1 Å². The zero-order chi connectivity index (χ0) is 23.4. The molecule has 1 atom stereocenters. The second-order valence-corrected chi connectivity index (χ2v) is 9.03. The van der Waals surface area contributed by atoms with Crippen molar-refractivity contribution in [1.82, 2.24) is 4.98 Å². The molecule has 1 aliphatic heterocycles. The van der Waals surface area contributed by atoms with E-state index in [0.717, 1.165) is 39.8 Å². The maximum absolute atomic E-state index is 12.8. The lowest BCUT2D eigenvalue weighted by Gasteiger charge is -2.31. The van der Waals surface area contributed by atoms with Crippen LogP contribution < -0.4 is 9.62 Å². The van der Waals surface area contributed by atoms with Gasteiger partial charge < -0.3 is 5.32 Å². The highest BCUT2D eigenvalue weighted by Gasteiger charge is 2.23. The molecule has 0 bridgehead atoms. The number of nitrogens with zero attached hydrogens (tertiary/aromatic N) is 2. The molecule has 1 unspecified atom stereocenters. The first-order chi connectivity index (χ1) is 16.1. The van der Waals surface area contributed by atoms with Gasteiger partial charge >= 0.3 is 0 Å². The molecular formula is C27H27N3O2S. The summed E-state index contributed by atoms with van der Waals surface area (Å²) >= 11 is 0. The van der Waals surface area contributed by atoms with Crippen LogP contribution >= 0.6 is 0 Å². The van der Waals surface area contributed by atoms with E-state index >= 15 is 0 Å². The fourth-order valence-electron chi connectivity index (χ4n) is 3.78. The zero-order valence-electron chi connectivity index (χ0n) is 19.0. The van der Waals surface area contributed by atoms with Crippen molar-refractivity contribution in [1.29, 1.82) is 0 Å². The number of nitrogens with one attached hydrogen (secondary N) is 1. The molecule has 5 rings (SSSR count). The molecule has 1 fully saturated rings. The van der Waals surface area contributed by atoms with Crippen molar-refractivity contribution in [2.45, 2.75) is 20.8 Å². The highest BCUT2D eigenvalue weighted by atomic mass is 32.2. The van der Waals surface area contributed by atoms with Crippen molar-refractivity contribution in [3.63, 3.8) is 0 Å². The summed E-state index contributed by atoms with van der Waals surface area (Å²) in [4.78, 5) is 17.4. The summed E-state index contributed by atoms with van der Waals surface area (Å²) < 4.78 is 13.5. The van der Waals surface area contributed by atoms with Crippen molar-refractivity contribution in [3.8, 4) is 11.3 Å². The number of rotatable bonds is 4. The van der Waals surface area contributed by atoms with Crippen LogP contribution in [0, 0.1) is 6.92 Å². The summed E-state index contributed by atoms with van der Waals surface area (Å²) in [5, 5.41) is 5.20. The fraction of sp³-hybridized carbons (Fsp3) is 0.185.